The molecule has 0 aromatic heterocycles. The first-order valence-corrected chi connectivity index (χ1v) is 9.59. The van der Waals surface area contributed by atoms with Crippen molar-refractivity contribution in [3.8, 4) is 5.75 Å². The van der Waals surface area contributed by atoms with Crippen molar-refractivity contribution in [1.29, 1.82) is 0 Å². The summed E-state index contributed by atoms with van der Waals surface area (Å²) in [7, 11) is 1.84. The van der Waals surface area contributed by atoms with Crippen LogP contribution in [0.2, 0.25) is 0 Å². The number of urea groups is 1. The maximum absolute atomic E-state index is 12.2. The molecule has 1 aromatic carbocycles. The average molecular weight is 364 g/mol. The van der Waals surface area contributed by atoms with E-state index in [1.54, 1.807) is 4.90 Å². The maximum atomic E-state index is 12.2. The second-order valence-corrected chi connectivity index (χ2v) is 7.00. The summed E-state index contributed by atoms with van der Waals surface area (Å²) in [6, 6.07) is 7.88. The van der Waals surface area contributed by atoms with Gasteiger partial charge in [-0.25, -0.2) is 4.79 Å². The first kappa shape index (κ1) is 20.5. The second kappa shape index (κ2) is 11.0. The van der Waals surface area contributed by atoms with Gasteiger partial charge in [0.25, 0.3) is 0 Å². The lowest BCUT2D eigenvalue weighted by atomic mass is 10.1. The maximum Gasteiger partial charge on any atom is 0.317 e. The molecule has 1 heterocycles. The third-order valence-corrected chi connectivity index (χ3v) is 4.75. The number of nitrogens with one attached hydrogen (secondary N) is 1. The summed E-state index contributed by atoms with van der Waals surface area (Å²) < 4.78 is 11.2. The van der Waals surface area contributed by atoms with Crippen LogP contribution < -0.4 is 10.1 Å². The predicted octanol–water partition coefficient (Wildman–Crippen LogP) is 2.59. The van der Waals surface area contributed by atoms with Crippen LogP contribution in [0.15, 0.2) is 24.3 Å². The van der Waals surface area contributed by atoms with Crippen LogP contribution in [0.25, 0.3) is 0 Å². The molecule has 2 rings (SSSR count). The number of ether oxygens (including phenoxy) is 2. The van der Waals surface area contributed by atoms with Crippen molar-refractivity contribution in [2.75, 3.05) is 53.0 Å². The molecule has 1 atom stereocenters. The van der Waals surface area contributed by atoms with E-state index in [0.29, 0.717) is 19.1 Å². The van der Waals surface area contributed by atoms with Crippen LogP contribution >= 0.6 is 0 Å². The fourth-order valence-corrected chi connectivity index (χ4v) is 2.85. The van der Waals surface area contributed by atoms with Crippen LogP contribution in [0.3, 0.4) is 0 Å². The molecular weight excluding hydrogens is 330 g/mol. The zero-order valence-electron chi connectivity index (χ0n) is 16.4. The largest absolute Gasteiger partial charge is 0.492 e. The van der Waals surface area contributed by atoms with Gasteiger partial charge in [-0.1, -0.05) is 32.4 Å². The van der Waals surface area contributed by atoms with E-state index < -0.39 is 0 Å². The van der Waals surface area contributed by atoms with Gasteiger partial charge >= 0.3 is 6.03 Å². The molecule has 2 amide bonds. The summed E-state index contributed by atoms with van der Waals surface area (Å²) in [5.41, 5.74) is 1.04. The third kappa shape index (κ3) is 7.22. The van der Waals surface area contributed by atoms with E-state index in [9.17, 15) is 4.79 Å². The first-order valence-electron chi connectivity index (χ1n) is 9.59. The van der Waals surface area contributed by atoms with Gasteiger partial charge in [-0.3, -0.25) is 4.90 Å². The number of amides is 2. The summed E-state index contributed by atoms with van der Waals surface area (Å²) in [5.74, 6) is 1.35. The molecule has 1 N–H and O–H groups in total. The third-order valence-electron chi connectivity index (χ3n) is 4.75. The summed E-state index contributed by atoms with van der Waals surface area (Å²) in [6.45, 7) is 10.7. The zero-order chi connectivity index (χ0) is 18.8. The molecule has 1 unspecified atom stereocenters. The predicted molar refractivity (Wildman–Crippen MR) is 104 cm³/mol. The molecule has 1 aromatic rings. The second-order valence-electron chi connectivity index (χ2n) is 7.00. The van der Waals surface area contributed by atoms with Crippen molar-refractivity contribution in [2.45, 2.75) is 26.8 Å². The van der Waals surface area contributed by atoms with Gasteiger partial charge in [0.05, 0.1) is 13.2 Å². The smallest absolute Gasteiger partial charge is 0.317 e. The number of hydrogen-bond acceptors (Lipinski definition) is 4. The van der Waals surface area contributed by atoms with E-state index in [1.165, 1.54) is 0 Å². The molecule has 6 nitrogen and oxygen atoms in total. The van der Waals surface area contributed by atoms with Crippen molar-refractivity contribution >= 4 is 6.03 Å². The van der Waals surface area contributed by atoms with Gasteiger partial charge in [-0.2, -0.15) is 0 Å². The Morgan fingerprint density at radius 2 is 2.15 bits per heavy atom. The van der Waals surface area contributed by atoms with E-state index in [0.717, 1.165) is 57.1 Å². The Hall–Kier alpha value is -1.79. The van der Waals surface area contributed by atoms with Gasteiger partial charge in [0, 0.05) is 39.8 Å². The number of hydrogen-bond donors (Lipinski definition) is 1. The topological polar surface area (TPSA) is 54.0 Å². The minimum Gasteiger partial charge on any atom is -0.492 e. The molecule has 0 radical (unpaired) electrons. The molecule has 1 fully saturated rings. The van der Waals surface area contributed by atoms with Crippen LogP contribution in [0.4, 0.5) is 4.79 Å². The standard InChI is InChI=1S/C20H33N3O3/c1-4-17(2)16-22(3)20(24)21-15-18-6-5-7-19(14-18)26-13-10-23-8-11-25-12-9-23/h5-7,14,17H,4,8-13,15-16H2,1-3H3,(H,21,24). The molecule has 6 heteroatoms. The average Bonchev–Trinajstić information content (AvgIpc) is 2.67. The van der Waals surface area contributed by atoms with Crippen molar-refractivity contribution in [3.05, 3.63) is 29.8 Å². The van der Waals surface area contributed by atoms with Gasteiger partial charge in [-0.15, -0.1) is 0 Å². The van der Waals surface area contributed by atoms with Crippen LogP contribution in [-0.4, -0.2) is 68.9 Å². The van der Waals surface area contributed by atoms with Crippen LogP contribution in [0.1, 0.15) is 25.8 Å². The van der Waals surface area contributed by atoms with Gasteiger partial charge < -0.3 is 19.7 Å². The molecule has 26 heavy (non-hydrogen) atoms. The fraction of sp³-hybridized carbons (Fsp3) is 0.650. The molecule has 0 spiro atoms. The van der Waals surface area contributed by atoms with E-state index in [1.807, 2.05) is 31.3 Å². The van der Waals surface area contributed by atoms with E-state index in [2.05, 4.69) is 24.1 Å². The van der Waals surface area contributed by atoms with E-state index in [-0.39, 0.29) is 6.03 Å². The monoisotopic (exact) mass is 363 g/mol. The molecule has 0 saturated carbocycles. The van der Waals surface area contributed by atoms with Gasteiger partial charge in [0.15, 0.2) is 0 Å². The SMILES string of the molecule is CCC(C)CN(C)C(=O)NCc1cccc(OCCN2CCOCC2)c1. The highest BCUT2D eigenvalue weighted by atomic mass is 16.5. The van der Waals surface area contributed by atoms with Gasteiger partial charge in [-0.05, 0) is 23.6 Å². The van der Waals surface area contributed by atoms with Crippen molar-refractivity contribution in [2.24, 2.45) is 5.92 Å². The molecule has 1 aliphatic rings. The number of carbonyl (C=O) groups excluding carboxylic acids is 1. The quantitative estimate of drug-likeness (QED) is 0.733. The Kier molecular flexibility index (Phi) is 8.71. The molecule has 146 valence electrons. The van der Waals surface area contributed by atoms with Crippen molar-refractivity contribution < 1.29 is 14.3 Å². The van der Waals surface area contributed by atoms with Crippen molar-refractivity contribution in [3.63, 3.8) is 0 Å². The molecule has 1 aliphatic heterocycles. The van der Waals surface area contributed by atoms with E-state index in [4.69, 9.17) is 9.47 Å². The summed E-state index contributed by atoms with van der Waals surface area (Å²) in [4.78, 5) is 16.3. The number of morpholine rings is 1. The minimum atomic E-state index is -0.0380. The normalized spacial score (nSPS) is 16.1. The highest BCUT2D eigenvalue weighted by molar-refractivity contribution is 5.73. The Bertz CT molecular complexity index is 547. The van der Waals surface area contributed by atoms with Crippen LogP contribution in [0, 0.1) is 5.92 Å². The number of benzene rings is 1. The van der Waals surface area contributed by atoms with Crippen LogP contribution in [-0.2, 0) is 11.3 Å². The zero-order valence-corrected chi connectivity index (χ0v) is 16.4. The van der Waals surface area contributed by atoms with Gasteiger partial charge in [0.2, 0.25) is 0 Å². The first-order chi connectivity index (χ1) is 12.6. The lowest BCUT2D eigenvalue weighted by Gasteiger charge is -2.26. The molecule has 1 saturated heterocycles. The lowest BCUT2D eigenvalue weighted by Crippen LogP contribution is -2.39. The molecule has 0 aliphatic carbocycles. The summed E-state index contributed by atoms with van der Waals surface area (Å²) >= 11 is 0. The number of rotatable bonds is 9. The van der Waals surface area contributed by atoms with Crippen molar-refractivity contribution in [1.82, 2.24) is 15.1 Å². The van der Waals surface area contributed by atoms with E-state index >= 15 is 0 Å². The Morgan fingerprint density at radius 3 is 2.88 bits per heavy atom. The van der Waals surface area contributed by atoms with Crippen LogP contribution in [0.5, 0.6) is 5.75 Å². The van der Waals surface area contributed by atoms with Gasteiger partial charge in [0.1, 0.15) is 12.4 Å². The summed E-state index contributed by atoms with van der Waals surface area (Å²) in [5, 5.41) is 2.97. The fourth-order valence-electron chi connectivity index (χ4n) is 2.85. The highest BCUT2D eigenvalue weighted by Gasteiger charge is 2.12. The Labute approximate surface area is 157 Å². The summed E-state index contributed by atoms with van der Waals surface area (Å²) in [6.07, 6.45) is 1.07. The minimum absolute atomic E-state index is 0.0380. The molecule has 0 bridgehead atoms. The molecular formula is C20H33N3O3. The number of carbonyl (C=O) groups is 1. The Morgan fingerprint density at radius 1 is 1.38 bits per heavy atom. The Balaban J connectivity index is 1.72. The highest BCUT2D eigenvalue weighted by Crippen LogP contribution is 2.13. The number of nitrogens with zero attached hydrogens (tertiary/aromatic N) is 2. The lowest BCUT2D eigenvalue weighted by molar-refractivity contribution is 0.0322.